The van der Waals surface area contributed by atoms with E-state index in [1.54, 1.807) is 13.0 Å². The highest BCUT2D eigenvalue weighted by Crippen LogP contribution is 2.38. The number of hydrogen-bond acceptors (Lipinski definition) is 4. The average Bonchev–Trinajstić information content (AvgIpc) is 2.97. The first-order valence-electron chi connectivity index (χ1n) is 5.23. The number of pyridine rings is 1. The Hall–Kier alpha value is -2.11. The summed E-state index contributed by atoms with van der Waals surface area (Å²) in [6.45, 7) is 1.72. The van der Waals surface area contributed by atoms with Gasteiger partial charge in [0, 0.05) is 11.3 Å². The van der Waals surface area contributed by atoms with Crippen molar-refractivity contribution in [2.75, 3.05) is 5.32 Å². The molecular formula is C11H13N3O3. The molecule has 0 saturated heterocycles. The quantitative estimate of drug-likeness (QED) is 0.705. The van der Waals surface area contributed by atoms with E-state index >= 15 is 0 Å². The van der Waals surface area contributed by atoms with Gasteiger partial charge in [-0.1, -0.05) is 0 Å². The molecule has 90 valence electrons. The predicted molar refractivity (Wildman–Crippen MR) is 60.7 cm³/mol. The first kappa shape index (κ1) is 11.4. The normalized spacial score (nSPS) is 16.3. The molecule has 1 amide bonds. The number of hydrogen-bond donors (Lipinski definition) is 3. The van der Waals surface area contributed by atoms with E-state index in [1.165, 1.54) is 6.07 Å². The Morgan fingerprint density at radius 3 is 2.59 bits per heavy atom. The van der Waals surface area contributed by atoms with E-state index in [0.29, 0.717) is 29.9 Å². The van der Waals surface area contributed by atoms with Crippen LogP contribution in [-0.2, 0) is 4.79 Å². The van der Waals surface area contributed by atoms with Crippen molar-refractivity contribution < 1.29 is 14.7 Å². The SMILES string of the molecule is Cc1cc(C(N)=O)cc(NC2(C(=O)O)CC2)n1. The summed E-state index contributed by atoms with van der Waals surface area (Å²) in [7, 11) is 0. The van der Waals surface area contributed by atoms with Crippen molar-refractivity contribution in [3.05, 3.63) is 23.4 Å². The van der Waals surface area contributed by atoms with Crippen LogP contribution in [0.1, 0.15) is 28.9 Å². The first-order chi connectivity index (χ1) is 7.93. The summed E-state index contributed by atoms with van der Waals surface area (Å²) < 4.78 is 0. The average molecular weight is 235 g/mol. The standard InChI is InChI=1S/C11H13N3O3/c1-6-4-7(9(12)15)5-8(13-6)14-11(2-3-11)10(16)17/h4-5H,2-3H2,1H3,(H2,12,15)(H,13,14)(H,16,17). The minimum atomic E-state index is -0.921. The molecule has 4 N–H and O–H groups in total. The number of nitrogens with zero attached hydrogens (tertiary/aromatic N) is 1. The number of aryl methyl sites for hydroxylation is 1. The lowest BCUT2D eigenvalue weighted by Gasteiger charge is -2.14. The summed E-state index contributed by atoms with van der Waals surface area (Å²) in [4.78, 5) is 26.2. The fourth-order valence-corrected chi connectivity index (χ4v) is 1.64. The molecule has 0 radical (unpaired) electrons. The third-order valence-electron chi connectivity index (χ3n) is 2.76. The number of primary amides is 1. The van der Waals surface area contributed by atoms with Crippen molar-refractivity contribution in [2.24, 2.45) is 5.73 Å². The second-order valence-corrected chi connectivity index (χ2v) is 4.26. The molecule has 1 saturated carbocycles. The molecule has 1 heterocycles. The Morgan fingerprint density at radius 1 is 1.47 bits per heavy atom. The Morgan fingerprint density at radius 2 is 2.12 bits per heavy atom. The maximum absolute atomic E-state index is 11.1. The number of carbonyl (C=O) groups excluding carboxylic acids is 1. The predicted octanol–water partition coefficient (Wildman–Crippen LogP) is 0.518. The van der Waals surface area contributed by atoms with Gasteiger partial charge >= 0.3 is 5.97 Å². The summed E-state index contributed by atoms with van der Waals surface area (Å²) in [5.41, 5.74) is 5.20. The molecular weight excluding hydrogens is 222 g/mol. The van der Waals surface area contributed by atoms with E-state index in [1.807, 2.05) is 0 Å². The molecule has 0 atom stereocenters. The number of rotatable bonds is 4. The lowest BCUT2D eigenvalue weighted by atomic mass is 10.2. The topological polar surface area (TPSA) is 105 Å². The lowest BCUT2D eigenvalue weighted by Crippen LogP contribution is -2.32. The van der Waals surface area contributed by atoms with Gasteiger partial charge in [0.15, 0.2) is 0 Å². The summed E-state index contributed by atoms with van der Waals surface area (Å²) in [6, 6.07) is 3.03. The summed E-state index contributed by atoms with van der Waals surface area (Å²) in [5, 5.41) is 11.9. The molecule has 0 unspecified atom stereocenters. The second kappa shape index (κ2) is 3.73. The molecule has 17 heavy (non-hydrogen) atoms. The highest BCUT2D eigenvalue weighted by Gasteiger charge is 2.50. The van der Waals surface area contributed by atoms with Gasteiger partial charge in [0.2, 0.25) is 5.91 Å². The van der Waals surface area contributed by atoms with Crippen molar-refractivity contribution in [1.29, 1.82) is 0 Å². The number of nitrogens with two attached hydrogens (primary N) is 1. The largest absolute Gasteiger partial charge is 0.480 e. The van der Waals surface area contributed by atoms with Gasteiger partial charge < -0.3 is 16.2 Å². The van der Waals surface area contributed by atoms with E-state index in [2.05, 4.69) is 10.3 Å². The van der Waals surface area contributed by atoms with Crippen LogP contribution >= 0.6 is 0 Å². The number of carboxylic acids is 1. The number of amides is 1. The first-order valence-corrected chi connectivity index (χ1v) is 5.23. The fourth-order valence-electron chi connectivity index (χ4n) is 1.64. The van der Waals surface area contributed by atoms with E-state index in [-0.39, 0.29) is 0 Å². The summed E-state index contributed by atoms with van der Waals surface area (Å²) >= 11 is 0. The van der Waals surface area contributed by atoms with Crippen LogP contribution in [0.25, 0.3) is 0 Å². The molecule has 1 fully saturated rings. The zero-order valence-corrected chi connectivity index (χ0v) is 9.36. The van der Waals surface area contributed by atoms with Crippen molar-refractivity contribution >= 4 is 17.7 Å². The molecule has 0 aromatic carbocycles. The third-order valence-corrected chi connectivity index (χ3v) is 2.76. The minimum absolute atomic E-state index is 0.321. The van der Waals surface area contributed by atoms with Crippen molar-refractivity contribution in [3.8, 4) is 0 Å². The fraction of sp³-hybridized carbons (Fsp3) is 0.364. The molecule has 0 bridgehead atoms. The van der Waals surface area contributed by atoms with Gasteiger partial charge in [-0.2, -0.15) is 0 Å². The van der Waals surface area contributed by atoms with Crippen molar-refractivity contribution in [1.82, 2.24) is 4.98 Å². The number of anilines is 1. The van der Waals surface area contributed by atoms with E-state index in [4.69, 9.17) is 10.8 Å². The molecule has 1 aliphatic carbocycles. The Labute approximate surface area is 97.8 Å². The van der Waals surface area contributed by atoms with Crippen molar-refractivity contribution in [2.45, 2.75) is 25.3 Å². The van der Waals surface area contributed by atoms with Crippen LogP contribution in [0.5, 0.6) is 0 Å². The lowest BCUT2D eigenvalue weighted by molar-refractivity contribution is -0.138. The monoisotopic (exact) mass is 235 g/mol. The van der Waals surface area contributed by atoms with Crippen molar-refractivity contribution in [3.63, 3.8) is 0 Å². The zero-order valence-electron chi connectivity index (χ0n) is 9.36. The van der Waals surface area contributed by atoms with Gasteiger partial charge in [-0.05, 0) is 31.9 Å². The Bertz CT molecular complexity index is 495. The molecule has 1 aromatic heterocycles. The van der Waals surface area contributed by atoms with Gasteiger partial charge in [-0.25, -0.2) is 9.78 Å². The third kappa shape index (κ3) is 2.20. The molecule has 6 nitrogen and oxygen atoms in total. The van der Waals surface area contributed by atoms with Crippen LogP contribution in [0.2, 0.25) is 0 Å². The van der Waals surface area contributed by atoms with Crippen LogP contribution in [0.3, 0.4) is 0 Å². The second-order valence-electron chi connectivity index (χ2n) is 4.26. The van der Waals surface area contributed by atoms with Gasteiger partial charge in [0.1, 0.15) is 11.4 Å². The highest BCUT2D eigenvalue weighted by atomic mass is 16.4. The van der Waals surface area contributed by atoms with E-state index in [0.717, 1.165) is 0 Å². The maximum atomic E-state index is 11.1. The highest BCUT2D eigenvalue weighted by molar-refractivity contribution is 5.94. The molecule has 6 heteroatoms. The minimum Gasteiger partial charge on any atom is -0.480 e. The van der Waals surface area contributed by atoms with Crippen LogP contribution in [0, 0.1) is 6.92 Å². The molecule has 1 aromatic rings. The van der Waals surface area contributed by atoms with E-state index < -0.39 is 17.4 Å². The van der Waals surface area contributed by atoms with Crippen LogP contribution < -0.4 is 11.1 Å². The molecule has 0 aliphatic heterocycles. The smallest absolute Gasteiger partial charge is 0.329 e. The number of carboxylic acid groups (broad SMARTS) is 1. The maximum Gasteiger partial charge on any atom is 0.329 e. The van der Waals surface area contributed by atoms with Gasteiger partial charge in [-0.15, -0.1) is 0 Å². The molecule has 1 aliphatic rings. The molecule has 2 rings (SSSR count). The van der Waals surface area contributed by atoms with E-state index in [9.17, 15) is 9.59 Å². The zero-order chi connectivity index (χ0) is 12.6. The van der Waals surface area contributed by atoms with Crippen LogP contribution in [0.4, 0.5) is 5.82 Å². The van der Waals surface area contributed by atoms with Gasteiger partial charge in [-0.3, -0.25) is 4.79 Å². The summed E-state index contributed by atoms with van der Waals surface area (Å²) in [5.74, 6) is -1.08. The van der Waals surface area contributed by atoms with Crippen LogP contribution in [-0.4, -0.2) is 27.5 Å². The summed E-state index contributed by atoms with van der Waals surface area (Å²) in [6.07, 6.45) is 1.12. The number of nitrogens with one attached hydrogen (secondary N) is 1. The number of carbonyl (C=O) groups is 2. The molecule has 0 spiro atoms. The Balaban J connectivity index is 2.27. The van der Waals surface area contributed by atoms with Gasteiger partial charge in [0.25, 0.3) is 0 Å². The number of aromatic nitrogens is 1. The Kier molecular flexibility index (Phi) is 2.49. The number of aliphatic carboxylic acids is 1. The van der Waals surface area contributed by atoms with Gasteiger partial charge in [0.05, 0.1) is 0 Å². The van der Waals surface area contributed by atoms with Crippen LogP contribution in [0.15, 0.2) is 12.1 Å².